The molecule has 0 unspecified atom stereocenters. The van der Waals surface area contributed by atoms with Crippen LogP contribution in [0.2, 0.25) is 0 Å². The molecule has 0 aromatic heterocycles. The fourth-order valence-corrected chi connectivity index (χ4v) is 1.95. The van der Waals surface area contributed by atoms with Gasteiger partial charge in [0.15, 0.2) is 0 Å². The average Bonchev–Trinajstić information content (AvgIpc) is 2.38. The molecule has 0 amide bonds. The van der Waals surface area contributed by atoms with Gasteiger partial charge in [0.25, 0.3) is 0 Å². The zero-order valence-corrected chi connectivity index (χ0v) is 12.1. The zero-order chi connectivity index (χ0) is 13.7. The van der Waals surface area contributed by atoms with Crippen molar-refractivity contribution in [2.24, 2.45) is 0 Å². The molecule has 2 aromatic rings. The highest BCUT2D eigenvalue weighted by atomic mass is 79.9. The lowest BCUT2D eigenvalue weighted by atomic mass is 10.2. The molecule has 0 saturated carbocycles. The molecule has 4 heteroatoms. The lowest BCUT2D eigenvalue weighted by molar-refractivity contribution is 0.294. The average molecular weight is 325 g/mol. The van der Waals surface area contributed by atoms with Crippen molar-refractivity contribution in [3.8, 4) is 11.5 Å². The molecule has 0 aliphatic rings. The van der Waals surface area contributed by atoms with E-state index in [-0.39, 0.29) is 12.4 Å². The van der Waals surface area contributed by atoms with Gasteiger partial charge in [0.1, 0.15) is 23.9 Å². The maximum atomic E-state index is 13.6. The Labute approximate surface area is 120 Å². The summed E-state index contributed by atoms with van der Waals surface area (Å²) in [5, 5.41) is 0. The predicted molar refractivity (Wildman–Crippen MR) is 76.0 cm³/mol. The van der Waals surface area contributed by atoms with Crippen LogP contribution in [-0.2, 0) is 6.61 Å². The van der Waals surface area contributed by atoms with Crippen molar-refractivity contribution in [2.45, 2.75) is 13.5 Å². The normalized spacial score (nSPS) is 10.3. The van der Waals surface area contributed by atoms with E-state index in [1.807, 2.05) is 25.1 Å². The van der Waals surface area contributed by atoms with E-state index in [9.17, 15) is 4.39 Å². The molecule has 0 aliphatic carbocycles. The number of rotatable bonds is 5. The SMILES string of the molecule is CCOc1cccc(OCc2ccc(Br)cc2F)c1. The Bertz CT molecular complexity index is 558. The van der Waals surface area contributed by atoms with Crippen molar-refractivity contribution in [3.63, 3.8) is 0 Å². The zero-order valence-electron chi connectivity index (χ0n) is 10.5. The van der Waals surface area contributed by atoms with Crippen molar-refractivity contribution >= 4 is 15.9 Å². The summed E-state index contributed by atoms with van der Waals surface area (Å²) in [6.07, 6.45) is 0. The van der Waals surface area contributed by atoms with Gasteiger partial charge in [-0.25, -0.2) is 4.39 Å². The number of hydrogen-bond donors (Lipinski definition) is 0. The van der Waals surface area contributed by atoms with Crippen LogP contribution in [-0.4, -0.2) is 6.61 Å². The van der Waals surface area contributed by atoms with E-state index in [0.29, 0.717) is 22.4 Å². The van der Waals surface area contributed by atoms with Crippen LogP contribution in [0, 0.1) is 5.82 Å². The number of halogens is 2. The summed E-state index contributed by atoms with van der Waals surface area (Å²) in [6.45, 7) is 2.71. The molecule has 0 bridgehead atoms. The van der Waals surface area contributed by atoms with Gasteiger partial charge in [-0.2, -0.15) is 0 Å². The second-order valence-corrected chi connectivity index (χ2v) is 4.85. The molecule has 0 N–H and O–H groups in total. The minimum absolute atomic E-state index is 0.189. The molecule has 0 radical (unpaired) electrons. The van der Waals surface area contributed by atoms with E-state index in [2.05, 4.69) is 15.9 Å². The quantitative estimate of drug-likeness (QED) is 0.802. The minimum Gasteiger partial charge on any atom is -0.494 e. The van der Waals surface area contributed by atoms with E-state index in [1.54, 1.807) is 18.2 Å². The summed E-state index contributed by atoms with van der Waals surface area (Å²) in [4.78, 5) is 0. The second-order valence-electron chi connectivity index (χ2n) is 3.93. The van der Waals surface area contributed by atoms with E-state index in [4.69, 9.17) is 9.47 Å². The van der Waals surface area contributed by atoms with Crippen molar-refractivity contribution in [1.29, 1.82) is 0 Å². The number of hydrogen-bond acceptors (Lipinski definition) is 2. The van der Waals surface area contributed by atoms with Gasteiger partial charge in [-0.15, -0.1) is 0 Å². The Hall–Kier alpha value is -1.55. The molecular weight excluding hydrogens is 311 g/mol. The maximum Gasteiger partial charge on any atom is 0.130 e. The fourth-order valence-electron chi connectivity index (χ4n) is 1.62. The molecule has 0 saturated heterocycles. The third-order valence-corrected chi connectivity index (χ3v) is 3.02. The van der Waals surface area contributed by atoms with E-state index < -0.39 is 0 Å². The van der Waals surface area contributed by atoms with Gasteiger partial charge in [0.2, 0.25) is 0 Å². The smallest absolute Gasteiger partial charge is 0.130 e. The van der Waals surface area contributed by atoms with Gasteiger partial charge in [0.05, 0.1) is 6.61 Å². The third kappa shape index (κ3) is 3.96. The molecular formula is C15H14BrFO2. The lowest BCUT2D eigenvalue weighted by Crippen LogP contribution is -1.99. The summed E-state index contributed by atoms with van der Waals surface area (Å²) in [7, 11) is 0. The van der Waals surface area contributed by atoms with Crippen LogP contribution in [0.15, 0.2) is 46.9 Å². The van der Waals surface area contributed by atoms with Crippen LogP contribution in [0.3, 0.4) is 0 Å². The minimum atomic E-state index is -0.282. The van der Waals surface area contributed by atoms with E-state index >= 15 is 0 Å². The topological polar surface area (TPSA) is 18.5 Å². The first-order chi connectivity index (χ1) is 9.19. The van der Waals surface area contributed by atoms with Gasteiger partial charge < -0.3 is 9.47 Å². The Kier molecular flexibility index (Phi) is 4.80. The summed E-state index contributed by atoms with van der Waals surface area (Å²) in [5.74, 6) is 1.12. The molecule has 19 heavy (non-hydrogen) atoms. The van der Waals surface area contributed by atoms with Crippen LogP contribution < -0.4 is 9.47 Å². The highest BCUT2D eigenvalue weighted by Crippen LogP contribution is 2.21. The first kappa shape index (κ1) is 13.9. The molecule has 0 atom stereocenters. The number of ether oxygens (including phenoxy) is 2. The molecule has 0 heterocycles. The van der Waals surface area contributed by atoms with Crippen LogP contribution >= 0.6 is 15.9 Å². The Morgan fingerprint density at radius 1 is 1.05 bits per heavy atom. The second kappa shape index (κ2) is 6.57. The molecule has 2 nitrogen and oxygen atoms in total. The van der Waals surface area contributed by atoms with Gasteiger partial charge in [-0.1, -0.05) is 28.1 Å². The summed E-state index contributed by atoms with van der Waals surface area (Å²) in [6, 6.07) is 12.2. The molecule has 100 valence electrons. The fraction of sp³-hybridized carbons (Fsp3) is 0.200. The molecule has 0 spiro atoms. The van der Waals surface area contributed by atoms with Gasteiger partial charge in [0, 0.05) is 16.1 Å². The molecule has 0 aliphatic heterocycles. The predicted octanol–water partition coefficient (Wildman–Crippen LogP) is 4.57. The van der Waals surface area contributed by atoms with Gasteiger partial charge in [-0.05, 0) is 31.2 Å². The Morgan fingerprint density at radius 3 is 2.47 bits per heavy atom. The Morgan fingerprint density at radius 2 is 1.79 bits per heavy atom. The van der Waals surface area contributed by atoms with Crippen LogP contribution in [0.1, 0.15) is 12.5 Å². The summed E-state index contributed by atoms with van der Waals surface area (Å²) >= 11 is 3.22. The molecule has 2 aromatic carbocycles. The first-order valence-electron chi connectivity index (χ1n) is 5.98. The first-order valence-corrected chi connectivity index (χ1v) is 6.78. The molecule has 0 fully saturated rings. The lowest BCUT2D eigenvalue weighted by Gasteiger charge is -2.09. The largest absolute Gasteiger partial charge is 0.494 e. The summed E-state index contributed by atoms with van der Waals surface area (Å²) in [5.41, 5.74) is 0.519. The van der Waals surface area contributed by atoms with Crippen molar-refractivity contribution in [1.82, 2.24) is 0 Å². The Balaban J connectivity index is 2.03. The monoisotopic (exact) mass is 324 g/mol. The van der Waals surface area contributed by atoms with Crippen LogP contribution in [0.25, 0.3) is 0 Å². The van der Waals surface area contributed by atoms with Crippen LogP contribution in [0.4, 0.5) is 4.39 Å². The standard InChI is InChI=1S/C15H14BrFO2/c1-2-18-13-4-3-5-14(9-13)19-10-11-6-7-12(16)8-15(11)17/h3-9H,2,10H2,1H3. The summed E-state index contributed by atoms with van der Waals surface area (Å²) < 4.78 is 25.3. The highest BCUT2D eigenvalue weighted by molar-refractivity contribution is 9.10. The van der Waals surface area contributed by atoms with E-state index in [1.165, 1.54) is 6.07 Å². The van der Waals surface area contributed by atoms with Gasteiger partial charge in [-0.3, -0.25) is 0 Å². The van der Waals surface area contributed by atoms with Crippen LogP contribution in [0.5, 0.6) is 11.5 Å². The highest BCUT2D eigenvalue weighted by Gasteiger charge is 2.04. The van der Waals surface area contributed by atoms with Crippen molar-refractivity contribution in [3.05, 3.63) is 58.3 Å². The van der Waals surface area contributed by atoms with E-state index in [0.717, 1.165) is 5.75 Å². The molecule has 2 rings (SSSR count). The third-order valence-electron chi connectivity index (χ3n) is 2.53. The maximum absolute atomic E-state index is 13.6. The number of benzene rings is 2. The van der Waals surface area contributed by atoms with Crippen molar-refractivity contribution in [2.75, 3.05) is 6.61 Å². The van der Waals surface area contributed by atoms with Gasteiger partial charge >= 0.3 is 0 Å². The van der Waals surface area contributed by atoms with Crippen molar-refractivity contribution < 1.29 is 13.9 Å².